The number of aliphatic hydroxyl groups is 1. The zero-order chi connectivity index (χ0) is 54.4. The standard InChI is InChI=1S/C55H69Cl2N9O9S/c1-35-51(76-34-62-35)37-11-9-36(10-12-37)31-61-53(69)45-25-39(67)33-66(45)54(70)52(55(2,3)4)59-14-7-20-73-23-24-74-22-13-49(68)65-18-16-64(17-19-65)15-8-21-75-48-28-43-40(26-47(48)72-6)50(38(30-58)32-60-43)63-44-29-46(71-5)42(57)27-41(44)56/h9-12,26-29,32,34,39,45,52,59,67H,7-8,13-25,31,33H2,1-6H3,(H,60,63)(H,61,69). The first-order valence-electron chi connectivity index (χ1n) is 25.6. The number of nitrogens with zero attached hydrogens (tertiary/aromatic N) is 6. The van der Waals surface area contributed by atoms with Crippen LogP contribution in [0.2, 0.25) is 10.0 Å². The number of thiazole rings is 1. The van der Waals surface area contributed by atoms with Crippen LogP contribution in [-0.2, 0) is 30.4 Å². The Morgan fingerprint density at radius 1 is 0.908 bits per heavy atom. The highest BCUT2D eigenvalue weighted by Gasteiger charge is 2.43. The summed E-state index contributed by atoms with van der Waals surface area (Å²) in [6.45, 7) is 14.3. The van der Waals surface area contributed by atoms with Crippen LogP contribution in [0.1, 0.15) is 63.3 Å². The number of rotatable bonds is 25. The first-order valence-corrected chi connectivity index (χ1v) is 27.2. The molecule has 5 aromatic rings. The van der Waals surface area contributed by atoms with E-state index in [0.29, 0.717) is 127 Å². The first-order chi connectivity index (χ1) is 36.6. The van der Waals surface area contributed by atoms with Crippen molar-refractivity contribution in [3.63, 3.8) is 0 Å². The number of piperazine rings is 1. The molecule has 4 heterocycles. The lowest BCUT2D eigenvalue weighted by atomic mass is 9.85. The number of carbonyl (C=O) groups excluding carboxylic acids is 3. The number of amides is 3. The Morgan fingerprint density at radius 3 is 2.33 bits per heavy atom. The van der Waals surface area contributed by atoms with Gasteiger partial charge >= 0.3 is 0 Å². The molecule has 2 saturated heterocycles. The zero-order valence-corrected chi connectivity index (χ0v) is 46.4. The second-order valence-electron chi connectivity index (χ2n) is 19.9. The third-order valence-electron chi connectivity index (χ3n) is 13.4. The molecular formula is C55H69Cl2N9O9S. The number of aryl methyl sites for hydroxylation is 1. The molecule has 3 aromatic carbocycles. The molecule has 2 aliphatic heterocycles. The van der Waals surface area contributed by atoms with E-state index < -0.39 is 23.6 Å². The number of hydrogen-bond donors (Lipinski definition) is 4. The predicted molar refractivity (Wildman–Crippen MR) is 295 cm³/mol. The second-order valence-corrected chi connectivity index (χ2v) is 21.5. The zero-order valence-electron chi connectivity index (χ0n) is 44.1. The van der Waals surface area contributed by atoms with Crippen LogP contribution in [0.25, 0.3) is 21.3 Å². The lowest BCUT2D eigenvalue weighted by Crippen LogP contribution is -2.56. The smallest absolute Gasteiger partial charge is 0.243 e. The van der Waals surface area contributed by atoms with E-state index in [1.165, 1.54) is 18.2 Å². The summed E-state index contributed by atoms with van der Waals surface area (Å²) >= 11 is 14.3. The fourth-order valence-corrected chi connectivity index (χ4v) is 10.6. The summed E-state index contributed by atoms with van der Waals surface area (Å²) in [7, 11) is 3.07. The number of nitriles is 1. The number of halogens is 2. The van der Waals surface area contributed by atoms with Gasteiger partial charge in [0.05, 0.1) is 108 Å². The van der Waals surface area contributed by atoms with Gasteiger partial charge in [0.1, 0.15) is 17.9 Å². The van der Waals surface area contributed by atoms with Crippen LogP contribution in [0, 0.1) is 23.7 Å². The van der Waals surface area contributed by atoms with Gasteiger partial charge in [-0.1, -0.05) is 68.2 Å². The van der Waals surface area contributed by atoms with Crippen LogP contribution >= 0.6 is 34.5 Å². The average Bonchev–Trinajstić information content (AvgIpc) is 4.04. The fraction of sp³-hybridized carbons (Fsp3) is 0.491. The quantitative estimate of drug-likeness (QED) is 0.0414. The van der Waals surface area contributed by atoms with Crippen molar-refractivity contribution in [2.45, 2.75) is 78.1 Å². The average molecular weight is 1100 g/mol. The molecule has 0 bridgehead atoms. The third-order valence-corrected chi connectivity index (χ3v) is 15.0. The van der Waals surface area contributed by atoms with Crippen LogP contribution in [-0.4, -0.2) is 159 Å². The van der Waals surface area contributed by atoms with Gasteiger partial charge in [-0.15, -0.1) is 11.3 Å². The number of ether oxygens (including phenoxy) is 5. The molecule has 18 nitrogen and oxygen atoms in total. The molecule has 0 radical (unpaired) electrons. The van der Waals surface area contributed by atoms with Gasteiger partial charge in [-0.3, -0.25) is 24.3 Å². The van der Waals surface area contributed by atoms with Crippen LogP contribution in [0.4, 0.5) is 11.4 Å². The topological polar surface area (TPSA) is 213 Å². The fourth-order valence-electron chi connectivity index (χ4n) is 9.25. The summed E-state index contributed by atoms with van der Waals surface area (Å²) < 4.78 is 28.8. The molecule has 4 N–H and O–H groups in total. The number of aliphatic hydroxyl groups excluding tert-OH is 1. The molecule has 408 valence electrons. The summed E-state index contributed by atoms with van der Waals surface area (Å²) in [5.74, 6) is 0.993. The largest absolute Gasteiger partial charge is 0.495 e. The van der Waals surface area contributed by atoms with Gasteiger partial charge in [0, 0.05) is 82.6 Å². The number of anilines is 2. The summed E-state index contributed by atoms with van der Waals surface area (Å²) in [5.41, 5.74) is 6.25. The van der Waals surface area contributed by atoms with E-state index in [0.717, 1.165) is 47.8 Å². The van der Waals surface area contributed by atoms with Gasteiger partial charge in [-0.2, -0.15) is 5.26 Å². The van der Waals surface area contributed by atoms with Crippen molar-refractivity contribution in [3.8, 4) is 33.8 Å². The van der Waals surface area contributed by atoms with E-state index in [9.17, 15) is 24.8 Å². The van der Waals surface area contributed by atoms with Crippen LogP contribution < -0.4 is 30.2 Å². The number of fused-ring (bicyclic) bond motifs is 1. The molecule has 3 amide bonds. The van der Waals surface area contributed by atoms with Crippen molar-refractivity contribution in [2.75, 3.05) is 98.4 Å². The minimum atomic E-state index is -0.788. The lowest BCUT2D eigenvalue weighted by Gasteiger charge is -2.35. The van der Waals surface area contributed by atoms with Gasteiger partial charge in [-0.05, 0) is 55.0 Å². The number of nitrogens with one attached hydrogen (secondary N) is 3. The molecule has 2 fully saturated rings. The van der Waals surface area contributed by atoms with E-state index >= 15 is 0 Å². The highest BCUT2D eigenvalue weighted by molar-refractivity contribution is 7.13. The molecule has 0 aliphatic carbocycles. The van der Waals surface area contributed by atoms with Crippen molar-refractivity contribution < 1.29 is 43.2 Å². The summed E-state index contributed by atoms with van der Waals surface area (Å²) in [6.07, 6.45) is 2.58. The molecule has 3 unspecified atom stereocenters. The molecule has 0 spiro atoms. The number of aromatic nitrogens is 2. The summed E-state index contributed by atoms with van der Waals surface area (Å²) in [5, 5.41) is 31.5. The van der Waals surface area contributed by atoms with Crippen LogP contribution in [0.3, 0.4) is 0 Å². The van der Waals surface area contributed by atoms with E-state index in [2.05, 4.69) is 36.9 Å². The maximum Gasteiger partial charge on any atom is 0.243 e. The summed E-state index contributed by atoms with van der Waals surface area (Å²) in [6, 6.07) is 15.6. The van der Waals surface area contributed by atoms with Crippen molar-refractivity contribution in [1.29, 1.82) is 5.26 Å². The van der Waals surface area contributed by atoms with Crippen LogP contribution in [0.5, 0.6) is 17.2 Å². The molecule has 3 atom stereocenters. The minimum Gasteiger partial charge on any atom is -0.495 e. The van der Waals surface area contributed by atoms with Gasteiger partial charge in [0.2, 0.25) is 17.7 Å². The predicted octanol–water partition coefficient (Wildman–Crippen LogP) is 7.62. The van der Waals surface area contributed by atoms with Crippen molar-refractivity contribution in [1.82, 2.24) is 35.3 Å². The number of pyridine rings is 1. The molecular weight excluding hydrogens is 1030 g/mol. The van der Waals surface area contributed by atoms with Gasteiger partial charge < -0.3 is 54.5 Å². The molecule has 0 saturated carbocycles. The maximum atomic E-state index is 14.0. The highest BCUT2D eigenvalue weighted by Crippen LogP contribution is 2.41. The number of hydrogen-bond acceptors (Lipinski definition) is 16. The SMILES string of the molecule is COc1cc(Nc2c(C#N)cnc3cc(OCCCN4CCN(C(=O)CCOCCOCCCNC(C(=O)N5CC(O)CC5C(=O)NCc5ccc(-c6scnc6C)cc5)C(C)(C)C)CC4)c(OC)cc23)c(Cl)cc1Cl. The molecule has 2 aliphatic rings. The lowest BCUT2D eigenvalue weighted by molar-refractivity contribution is -0.142. The Labute approximate surface area is 458 Å². The Morgan fingerprint density at radius 2 is 1.64 bits per heavy atom. The van der Waals surface area contributed by atoms with Gasteiger partial charge in [0.15, 0.2) is 11.5 Å². The molecule has 21 heteroatoms. The highest BCUT2D eigenvalue weighted by atomic mass is 35.5. The summed E-state index contributed by atoms with van der Waals surface area (Å²) in [4.78, 5) is 56.1. The number of benzene rings is 3. The van der Waals surface area contributed by atoms with Gasteiger partial charge in [0.25, 0.3) is 0 Å². The second kappa shape index (κ2) is 27.5. The van der Waals surface area contributed by atoms with Gasteiger partial charge in [-0.25, -0.2) is 4.98 Å². The Kier molecular flexibility index (Phi) is 20.9. The van der Waals surface area contributed by atoms with E-state index in [1.54, 1.807) is 42.7 Å². The third kappa shape index (κ3) is 15.2. The van der Waals surface area contributed by atoms with Crippen LogP contribution in [0.15, 0.2) is 60.2 Å². The number of carbonyl (C=O) groups is 3. The van der Waals surface area contributed by atoms with Crippen molar-refractivity contribution in [3.05, 3.63) is 87.1 Å². The van der Waals surface area contributed by atoms with E-state index in [4.69, 9.17) is 46.9 Å². The molecule has 2 aromatic heterocycles. The number of likely N-dealkylation sites (tertiary alicyclic amines) is 1. The molecule has 76 heavy (non-hydrogen) atoms. The van der Waals surface area contributed by atoms with E-state index in [1.807, 2.05) is 62.4 Å². The Hall–Kier alpha value is -5.82. The Bertz CT molecular complexity index is 2820. The number of β-amino-alcohol motifs (C(OH)–C–C–N with tert-alkyl or cyclic N) is 1. The number of methoxy groups -OCH3 is 2. The van der Waals surface area contributed by atoms with E-state index in [-0.39, 0.29) is 30.7 Å². The molecule has 7 rings (SSSR count). The maximum absolute atomic E-state index is 14.0. The van der Waals surface area contributed by atoms with Crippen molar-refractivity contribution >= 4 is 74.5 Å². The normalized spacial score (nSPS) is 16.4. The minimum absolute atomic E-state index is 0.0609. The Balaban J connectivity index is 0.750. The first kappa shape index (κ1) is 57.9. The monoisotopic (exact) mass is 1100 g/mol. The van der Waals surface area contributed by atoms with Crippen molar-refractivity contribution in [2.24, 2.45) is 5.41 Å².